The topological polar surface area (TPSA) is 122 Å². The van der Waals surface area contributed by atoms with Crippen LogP contribution < -0.4 is 11.1 Å². The fourth-order valence-corrected chi connectivity index (χ4v) is 0.929. The first kappa shape index (κ1) is 14.8. The molecule has 0 aliphatic carbocycles. The van der Waals surface area contributed by atoms with Gasteiger partial charge in [0.1, 0.15) is 18.2 Å². The number of aliphatic carboxylic acids is 1. The molecule has 0 aromatic heterocycles. The van der Waals surface area contributed by atoms with Crippen molar-refractivity contribution in [2.45, 2.75) is 31.5 Å². The lowest BCUT2D eigenvalue weighted by atomic mass is 10.1. The van der Waals surface area contributed by atoms with Crippen LogP contribution in [0.1, 0.15) is 13.8 Å². The molecule has 0 saturated carbocycles. The number of esters is 1. The number of hydrogen-bond donors (Lipinski definition) is 4. The Morgan fingerprint density at radius 2 is 2.06 bits per heavy atom. The van der Waals surface area contributed by atoms with Crippen molar-refractivity contribution in [2.75, 3.05) is 13.7 Å². The van der Waals surface area contributed by atoms with E-state index in [4.69, 9.17) is 15.6 Å². The van der Waals surface area contributed by atoms with Gasteiger partial charge in [-0.2, -0.15) is 0 Å². The van der Waals surface area contributed by atoms with Crippen LogP contribution in [0.25, 0.3) is 0 Å². The number of carboxylic acid groups (broad SMARTS) is 1. The van der Waals surface area contributed by atoms with Crippen LogP contribution >= 0.6 is 0 Å². The van der Waals surface area contributed by atoms with Crippen LogP contribution in [0.4, 0.5) is 0 Å². The van der Waals surface area contributed by atoms with Gasteiger partial charge in [-0.05, 0) is 20.9 Å². The van der Waals surface area contributed by atoms with Crippen LogP contribution in [-0.4, -0.2) is 53.5 Å². The average Bonchev–Trinajstić information content (AvgIpc) is 2.15. The molecule has 5 N–H and O–H groups in total. The van der Waals surface area contributed by atoms with E-state index in [2.05, 4.69) is 5.32 Å². The summed E-state index contributed by atoms with van der Waals surface area (Å²) >= 11 is 0. The Morgan fingerprint density at radius 3 is 2.38 bits per heavy atom. The molecule has 0 amide bonds. The van der Waals surface area contributed by atoms with Crippen LogP contribution in [0.5, 0.6) is 0 Å². The van der Waals surface area contributed by atoms with Gasteiger partial charge in [0.25, 0.3) is 0 Å². The second-order valence-corrected chi connectivity index (χ2v) is 3.84. The zero-order chi connectivity index (χ0) is 12.9. The highest BCUT2D eigenvalue weighted by Gasteiger charge is 2.32. The molecule has 0 heterocycles. The Hall–Kier alpha value is -1.18. The largest absolute Gasteiger partial charge is 0.480 e. The van der Waals surface area contributed by atoms with Crippen molar-refractivity contribution < 1.29 is 24.5 Å². The molecule has 0 saturated heterocycles. The van der Waals surface area contributed by atoms with Crippen molar-refractivity contribution in [3.8, 4) is 0 Å². The number of aliphatic hydroxyl groups excluding tert-OH is 1. The van der Waals surface area contributed by atoms with Gasteiger partial charge in [0, 0.05) is 0 Å². The molecular formula is C9H18N2O5. The molecular weight excluding hydrogens is 216 g/mol. The predicted octanol–water partition coefficient (Wildman–Crippen LogP) is -1.70. The third-order valence-corrected chi connectivity index (χ3v) is 2.05. The summed E-state index contributed by atoms with van der Waals surface area (Å²) in [5, 5.41) is 20.4. The van der Waals surface area contributed by atoms with Crippen molar-refractivity contribution in [2.24, 2.45) is 5.73 Å². The van der Waals surface area contributed by atoms with Gasteiger partial charge >= 0.3 is 11.9 Å². The molecule has 0 aliphatic heterocycles. The number of aliphatic hydroxyl groups is 1. The molecule has 0 radical (unpaired) electrons. The number of nitrogens with one attached hydrogen (secondary N) is 1. The summed E-state index contributed by atoms with van der Waals surface area (Å²) in [4.78, 5) is 22.0. The Morgan fingerprint density at radius 1 is 1.56 bits per heavy atom. The summed E-state index contributed by atoms with van der Waals surface area (Å²) in [5.41, 5.74) is 3.73. The maximum Gasteiger partial charge on any atom is 0.326 e. The summed E-state index contributed by atoms with van der Waals surface area (Å²) in [7, 11) is 1.48. The summed E-state index contributed by atoms with van der Waals surface area (Å²) in [6.45, 7) is 2.20. The van der Waals surface area contributed by atoms with Crippen molar-refractivity contribution in [3.05, 3.63) is 0 Å². The van der Waals surface area contributed by atoms with Crippen molar-refractivity contribution in [1.82, 2.24) is 5.32 Å². The van der Waals surface area contributed by atoms with Gasteiger partial charge in [-0.3, -0.25) is 9.59 Å². The zero-order valence-corrected chi connectivity index (χ0v) is 9.56. The SMILES string of the molecule is CN[C@H](C(=O)OC[C@](C)(N)C(=O)O)[C@@H](C)O. The number of ether oxygens (including phenoxy) is 1. The van der Waals surface area contributed by atoms with E-state index in [1.807, 2.05) is 0 Å². The monoisotopic (exact) mass is 234 g/mol. The molecule has 0 spiro atoms. The van der Waals surface area contributed by atoms with Gasteiger partial charge in [-0.15, -0.1) is 0 Å². The smallest absolute Gasteiger partial charge is 0.326 e. The first-order valence-corrected chi connectivity index (χ1v) is 4.76. The minimum atomic E-state index is -1.63. The summed E-state index contributed by atoms with van der Waals surface area (Å²) < 4.78 is 4.72. The fraction of sp³-hybridized carbons (Fsp3) is 0.778. The summed E-state index contributed by atoms with van der Waals surface area (Å²) in [5.74, 6) is -2.01. The molecule has 16 heavy (non-hydrogen) atoms. The molecule has 7 nitrogen and oxygen atoms in total. The minimum absolute atomic E-state index is 0.452. The third-order valence-electron chi connectivity index (χ3n) is 2.05. The number of carbonyl (C=O) groups excluding carboxylic acids is 1. The number of rotatable bonds is 6. The lowest BCUT2D eigenvalue weighted by Gasteiger charge is -2.22. The van der Waals surface area contributed by atoms with Crippen LogP contribution in [0, 0.1) is 0 Å². The van der Waals surface area contributed by atoms with E-state index in [-0.39, 0.29) is 0 Å². The molecule has 0 unspecified atom stereocenters. The van der Waals surface area contributed by atoms with Crippen molar-refractivity contribution >= 4 is 11.9 Å². The normalized spacial score (nSPS) is 18.3. The average molecular weight is 234 g/mol. The van der Waals surface area contributed by atoms with E-state index in [1.165, 1.54) is 20.9 Å². The first-order chi connectivity index (χ1) is 7.22. The quantitative estimate of drug-likeness (QED) is 0.404. The standard InChI is InChI=1S/C9H18N2O5/c1-5(12)6(11-3)7(13)16-4-9(2,10)8(14)15/h5-6,11-12H,4,10H2,1-3H3,(H,14,15)/t5-,6+,9+/m1/s1. The van der Waals surface area contributed by atoms with Gasteiger partial charge in [0.05, 0.1) is 6.10 Å². The maximum absolute atomic E-state index is 11.4. The molecule has 0 bridgehead atoms. The lowest BCUT2D eigenvalue weighted by Crippen LogP contribution is -2.51. The van der Waals surface area contributed by atoms with Gasteiger partial charge < -0.3 is 26.0 Å². The molecule has 94 valence electrons. The lowest BCUT2D eigenvalue weighted by molar-refractivity contribution is -0.155. The van der Waals surface area contributed by atoms with Crippen molar-refractivity contribution in [3.63, 3.8) is 0 Å². The van der Waals surface area contributed by atoms with Gasteiger partial charge in [0.2, 0.25) is 0 Å². The van der Waals surface area contributed by atoms with E-state index in [0.717, 1.165) is 0 Å². The highest BCUT2D eigenvalue weighted by Crippen LogP contribution is 2.03. The fourth-order valence-electron chi connectivity index (χ4n) is 0.929. The number of hydrogen-bond acceptors (Lipinski definition) is 6. The van der Waals surface area contributed by atoms with Gasteiger partial charge in [-0.25, -0.2) is 0 Å². The summed E-state index contributed by atoms with van der Waals surface area (Å²) in [6, 6.07) is -0.899. The summed E-state index contributed by atoms with van der Waals surface area (Å²) in [6.07, 6.45) is -0.939. The van der Waals surface area contributed by atoms with Crippen molar-refractivity contribution in [1.29, 1.82) is 0 Å². The first-order valence-electron chi connectivity index (χ1n) is 4.76. The highest BCUT2D eigenvalue weighted by atomic mass is 16.5. The number of likely N-dealkylation sites (N-methyl/N-ethyl adjacent to an activating group) is 1. The molecule has 0 aromatic carbocycles. The Balaban J connectivity index is 4.31. The second-order valence-electron chi connectivity index (χ2n) is 3.84. The van der Waals surface area contributed by atoms with E-state index in [9.17, 15) is 14.7 Å². The maximum atomic E-state index is 11.4. The van der Waals surface area contributed by atoms with E-state index >= 15 is 0 Å². The Labute approximate surface area is 93.6 Å². The van der Waals surface area contributed by atoms with E-state index in [1.54, 1.807) is 0 Å². The number of carbonyl (C=O) groups is 2. The number of nitrogens with two attached hydrogens (primary N) is 1. The van der Waals surface area contributed by atoms with Crippen LogP contribution in [0.2, 0.25) is 0 Å². The predicted molar refractivity (Wildman–Crippen MR) is 55.7 cm³/mol. The number of carboxylic acids is 1. The van der Waals surface area contributed by atoms with Crippen LogP contribution in [0.3, 0.4) is 0 Å². The van der Waals surface area contributed by atoms with Gasteiger partial charge in [-0.1, -0.05) is 0 Å². The second kappa shape index (κ2) is 5.78. The van der Waals surface area contributed by atoms with Crippen LogP contribution in [-0.2, 0) is 14.3 Å². The van der Waals surface area contributed by atoms with Gasteiger partial charge in [0.15, 0.2) is 0 Å². The minimum Gasteiger partial charge on any atom is -0.480 e. The molecule has 0 fully saturated rings. The van der Waals surface area contributed by atoms with E-state index in [0.29, 0.717) is 0 Å². The molecule has 3 atom stereocenters. The molecule has 0 aliphatic rings. The Bertz CT molecular complexity index is 265. The molecule has 7 heteroatoms. The third kappa shape index (κ3) is 4.13. The Kier molecular flexibility index (Phi) is 5.36. The molecule has 0 aromatic rings. The van der Waals surface area contributed by atoms with E-state index < -0.39 is 36.2 Å². The zero-order valence-electron chi connectivity index (χ0n) is 9.56. The van der Waals surface area contributed by atoms with Crippen LogP contribution in [0.15, 0.2) is 0 Å². The molecule has 0 rings (SSSR count). The highest BCUT2D eigenvalue weighted by molar-refractivity contribution is 5.80.